The van der Waals surface area contributed by atoms with E-state index in [0.717, 1.165) is 19.3 Å². The van der Waals surface area contributed by atoms with Gasteiger partial charge < -0.3 is 16.6 Å². The molecule has 0 aliphatic heterocycles. The maximum absolute atomic E-state index is 10.5. The average molecular weight is 525 g/mol. The minimum Gasteiger partial charge on any atom is -0.391 e. The van der Waals surface area contributed by atoms with E-state index in [-0.39, 0.29) is 12.1 Å². The SMILES string of the molecule is CCCCCCCCCCCCCCCC(N)CC(O)C(N)CCCCCCCCCCCCCCC. The predicted octanol–water partition coefficient (Wildman–Crippen LogP) is 10.4. The third-order valence-corrected chi connectivity index (χ3v) is 8.36. The van der Waals surface area contributed by atoms with Crippen LogP contribution in [0.5, 0.6) is 0 Å². The van der Waals surface area contributed by atoms with Crippen molar-refractivity contribution >= 4 is 0 Å². The van der Waals surface area contributed by atoms with Crippen molar-refractivity contribution in [3.8, 4) is 0 Å². The molecule has 0 bridgehead atoms. The van der Waals surface area contributed by atoms with E-state index in [4.69, 9.17) is 11.5 Å². The summed E-state index contributed by atoms with van der Waals surface area (Å²) in [6.45, 7) is 4.57. The fraction of sp³-hybridized carbons (Fsp3) is 1.00. The van der Waals surface area contributed by atoms with Crippen LogP contribution >= 0.6 is 0 Å². The Morgan fingerprint density at radius 3 is 1.00 bits per heavy atom. The van der Waals surface area contributed by atoms with Gasteiger partial charge in [0.1, 0.15) is 0 Å². The molecule has 0 aliphatic carbocycles. The van der Waals surface area contributed by atoms with Crippen LogP contribution in [0, 0.1) is 0 Å². The molecule has 0 saturated carbocycles. The van der Waals surface area contributed by atoms with Gasteiger partial charge in [-0.25, -0.2) is 0 Å². The zero-order chi connectivity index (χ0) is 27.2. The van der Waals surface area contributed by atoms with Crippen LogP contribution < -0.4 is 11.5 Å². The summed E-state index contributed by atoms with van der Waals surface area (Å²) in [7, 11) is 0. The monoisotopic (exact) mass is 525 g/mol. The van der Waals surface area contributed by atoms with Crippen LogP contribution in [0.25, 0.3) is 0 Å². The summed E-state index contributed by atoms with van der Waals surface area (Å²) >= 11 is 0. The maximum atomic E-state index is 10.5. The molecule has 0 amide bonds. The summed E-state index contributed by atoms with van der Waals surface area (Å²) in [6.07, 6.45) is 37.9. The second kappa shape index (κ2) is 30.4. The van der Waals surface area contributed by atoms with Gasteiger partial charge in [-0.15, -0.1) is 0 Å². The molecule has 3 unspecified atom stereocenters. The molecule has 0 aromatic rings. The summed E-state index contributed by atoms with van der Waals surface area (Å²) in [5, 5.41) is 10.5. The fourth-order valence-electron chi connectivity index (χ4n) is 5.62. The normalized spacial score (nSPS) is 14.2. The highest BCUT2D eigenvalue weighted by molar-refractivity contribution is 4.77. The Labute approximate surface area is 234 Å². The first-order chi connectivity index (χ1) is 18.1. The summed E-state index contributed by atoms with van der Waals surface area (Å²) in [4.78, 5) is 0. The van der Waals surface area contributed by atoms with E-state index < -0.39 is 6.10 Å². The van der Waals surface area contributed by atoms with Crippen LogP contribution in [0.15, 0.2) is 0 Å². The van der Waals surface area contributed by atoms with Crippen molar-refractivity contribution in [1.29, 1.82) is 0 Å². The molecule has 0 rings (SSSR count). The van der Waals surface area contributed by atoms with E-state index in [1.807, 2.05) is 0 Å². The van der Waals surface area contributed by atoms with E-state index in [2.05, 4.69) is 13.8 Å². The molecule has 0 heterocycles. The van der Waals surface area contributed by atoms with E-state index in [1.54, 1.807) is 0 Å². The summed E-state index contributed by atoms with van der Waals surface area (Å²) in [5.41, 5.74) is 12.6. The lowest BCUT2D eigenvalue weighted by atomic mass is 9.95. The predicted molar refractivity (Wildman–Crippen MR) is 167 cm³/mol. The number of nitrogens with two attached hydrogens (primary N) is 2. The van der Waals surface area contributed by atoms with Crippen LogP contribution in [0.1, 0.15) is 200 Å². The van der Waals surface area contributed by atoms with Crippen LogP contribution in [0.3, 0.4) is 0 Å². The Kier molecular flexibility index (Phi) is 30.3. The van der Waals surface area contributed by atoms with Gasteiger partial charge in [0.05, 0.1) is 6.10 Å². The first kappa shape index (κ1) is 36.9. The lowest BCUT2D eigenvalue weighted by molar-refractivity contribution is 0.120. The molecule has 3 atom stereocenters. The molecule has 0 saturated heterocycles. The number of hydrogen-bond acceptors (Lipinski definition) is 3. The molecule has 0 aromatic heterocycles. The molecule has 0 spiro atoms. The first-order valence-corrected chi connectivity index (χ1v) is 17.3. The summed E-state index contributed by atoms with van der Waals surface area (Å²) in [5.74, 6) is 0. The fourth-order valence-corrected chi connectivity index (χ4v) is 5.62. The first-order valence-electron chi connectivity index (χ1n) is 17.3. The Morgan fingerprint density at radius 1 is 0.405 bits per heavy atom. The molecule has 3 nitrogen and oxygen atoms in total. The Morgan fingerprint density at radius 2 is 0.676 bits per heavy atom. The molecule has 224 valence electrons. The number of unbranched alkanes of at least 4 members (excludes halogenated alkanes) is 24. The lowest BCUT2D eigenvalue weighted by Crippen LogP contribution is -2.39. The van der Waals surface area contributed by atoms with Gasteiger partial charge in [0, 0.05) is 12.1 Å². The number of hydrogen-bond donors (Lipinski definition) is 3. The smallest absolute Gasteiger partial charge is 0.0705 e. The Balaban J connectivity index is 3.41. The van der Waals surface area contributed by atoms with Crippen molar-refractivity contribution in [2.45, 2.75) is 218 Å². The zero-order valence-corrected chi connectivity index (χ0v) is 25.8. The zero-order valence-electron chi connectivity index (χ0n) is 25.8. The largest absolute Gasteiger partial charge is 0.391 e. The van der Waals surface area contributed by atoms with Crippen molar-refractivity contribution in [2.24, 2.45) is 11.5 Å². The second-order valence-corrected chi connectivity index (χ2v) is 12.3. The summed E-state index contributed by atoms with van der Waals surface area (Å²) in [6, 6.07) is -0.00851. The quantitative estimate of drug-likeness (QED) is 0.0789. The van der Waals surface area contributed by atoms with E-state index >= 15 is 0 Å². The van der Waals surface area contributed by atoms with Gasteiger partial charge in [-0.2, -0.15) is 0 Å². The van der Waals surface area contributed by atoms with Crippen LogP contribution in [-0.4, -0.2) is 23.3 Å². The molecule has 3 heteroatoms. The minimum absolute atomic E-state index is 0.0976. The van der Waals surface area contributed by atoms with E-state index in [9.17, 15) is 5.11 Å². The topological polar surface area (TPSA) is 72.3 Å². The van der Waals surface area contributed by atoms with Crippen molar-refractivity contribution in [3.05, 3.63) is 0 Å². The molecule has 0 aliphatic rings. The van der Waals surface area contributed by atoms with Crippen molar-refractivity contribution in [1.82, 2.24) is 0 Å². The molecule has 0 aromatic carbocycles. The molecule has 0 fully saturated rings. The summed E-state index contributed by atoms with van der Waals surface area (Å²) < 4.78 is 0. The van der Waals surface area contributed by atoms with E-state index in [1.165, 1.54) is 161 Å². The minimum atomic E-state index is -0.436. The molecule has 37 heavy (non-hydrogen) atoms. The highest BCUT2D eigenvalue weighted by Crippen LogP contribution is 2.16. The van der Waals surface area contributed by atoms with Gasteiger partial charge in [-0.3, -0.25) is 0 Å². The van der Waals surface area contributed by atoms with Gasteiger partial charge >= 0.3 is 0 Å². The van der Waals surface area contributed by atoms with Crippen LogP contribution in [0.4, 0.5) is 0 Å². The second-order valence-electron chi connectivity index (χ2n) is 12.3. The molecule has 0 radical (unpaired) electrons. The van der Waals surface area contributed by atoms with Gasteiger partial charge in [0.15, 0.2) is 0 Å². The number of rotatable bonds is 31. The standard InChI is InChI=1S/C34H72N2O/c1-3-5-7-9-11-13-15-17-19-21-23-25-27-29-32(35)31-34(37)33(36)30-28-26-24-22-20-18-16-14-12-10-8-6-4-2/h32-34,37H,3-31,35-36H2,1-2H3. The van der Waals surface area contributed by atoms with Gasteiger partial charge in [0.25, 0.3) is 0 Å². The molecular formula is C34H72N2O. The average Bonchev–Trinajstić information content (AvgIpc) is 2.89. The Bertz CT molecular complexity index is 417. The third-order valence-electron chi connectivity index (χ3n) is 8.36. The molecule has 5 N–H and O–H groups in total. The molecular weight excluding hydrogens is 452 g/mol. The highest BCUT2D eigenvalue weighted by Gasteiger charge is 2.17. The van der Waals surface area contributed by atoms with Crippen LogP contribution in [0.2, 0.25) is 0 Å². The van der Waals surface area contributed by atoms with Crippen LogP contribution in [-0.2, 0) is 0 Å². The van der Waals surface area contributed by atoms with Gasteiger partial charge in [-0.05, 0) is 19.3 Å². The Hall–Kier alpha value is -0.120. The third kappa shape index (κ3) is 28.7. The lowest BCUT2D eigenvalue weighted by Gasteiger charge is -2.22. The van der Waals surface area contributed by atoms with Gasteiger partial charge in [-0.1, -0.05) is 181 Å². The van der Waals surface area contributed by atoms with Crippen molar-refractivity contribution in [3.63, 3.8) is 0 Å². The maximum Gasteiger partial charge on any atom is 0.0705 e. The van der Waals surface area contributed by atoms with Crippen molar-refractivity contribution < 1.29 is 5.11 Å². The number of aliphatic hydroxyl groups is 1. The highest BCUT2D eigenvalue weighted by atomic mass is 16.3. The van der Waals surface area contributed by atoms with Gasteiger partial charge in [0.2, 0.25) is 0 Å². The van der Waals surface area contributed by atoms with Crippen molar-refractivity contribution in [2.75, 3.05) is 0 Å². The van der Waals surface area contributed by atoms with E-state index in [0.29, 0.717) is 6.42 Å². The number of aliphatic hydroxyl groups excluding tert-OH is 1.